The Balaban J connectivity index is 1.42. The topological polar surface area (TPSA) is 80.5 Å². The molecule has 4 rings (SSSR count). The van der Waals surface area contributed by atoms with Gasteiger partial charge in [0.15, 0.2) is 0 Å². The van der Waals surface area contributed by atoms with Gasteiger partial charge in [0.05, 0.1) is 12.5 Å². The van der Waals surface area contributed by atoms with Gasteiger partial charge < -0.3 is 19.4 Å². The predicted molar refractivity (Wildman–Crippen MR) is 123 cm³/mol. The monoisotopic (exact) mass is 486 g/mol. The van der Waals surface area contributed by atoms with Crippen LogP contribution < -0.4 is 15.0 Å². The molecular formula is C23H27BrN4O3. The fourth-order valence-corrected chi connectivity index (χ4v) is 4.53. The number of ether oxygens (including phenoxy) is 1. The van der Waals surface area contributed by atoms with Gasteiger partial charge in [0.1, 0.15) is 23.2 Å². The molecule has 1 fully saturated rings. The van der Waals surface area contributed by atoms with Gasteiger partial charge in [0, 0.05) is 41.2 Å². The standard InChI is InChI=1S/C23H27BrN4O3/c1-13-14(2)31-23-20(13)21(26-15(3)27-23)28-9-7-16(8-10-28)22(29)25-12-17-11-18(24)5-6-19(17)30-4/h5-6,11,16H,7-10,12H2,1-4H3,(H,25,29). The highest BCUT2D eigenvalue weighted by Crippen LogP contribution is 2.33. The van der Waals surface area contributed by atoms with Crippen molar-refractivity contribution in [3.63, 3.8) is 0 Å². The summed E-state index contributed by atoms with van der Waals surface area (Å²) in [5.41, 5.74) is 2.67. The van der Waals surface area contributed by atoms with E-state index in [9.17, 15) is 4.79 Å². The van der Waals surface area contributed by atoms with Gasteiger partial charge in [-0.3, -0.25) is 4.79 Å². The smallest absolute Gasteiger partial charge is 0.231 e. The van der Waals surface area contributed by atoms with Crippen molar-refractivity contribution < 1.29 is 13.9 Å². The molecule has 1 saturated heterocycles. The normalized spacial score (nSPS) is 14.8. The highest BCUT2D eigenvalue weighted by Gasteiger charge is 2.28. The molecule has 1 aromatic carbocycles. The number of nitrogens with one attached hydrogen (secondary N) is 1. The number of hydrogen-bond donors (Lipinski definition) is 1. The number of furan rings is 1. The van der Waals surface area contributed by atoms with Gasteiger partial charge in [-0.15, -0.1) is 0 Å². The number of halogens is 1. The van der Waals surface area contributed by atoms with Crippen molar-refractivity contribution in [2.24, 2.45) is 5.92 Å². The Labute approximate surface area is 190 Å². The molecule has 0 atom stereocenters. The van der Waals surface area contributed by atoms with Gasteiger partial charge in [0.25, 0.3) is 0 Å². The van der Waals surface area contributed by atoms with Crippen LogP contribution in [0.5, 0.6) is 5.75 Å². The molecule has 3 aromatic rings. The minimum absolute atomic E-state index is 0.0139. The van der Waals surface area contributed by atoms with Crippen molar-refractivity contribution in [1.82, 2.24) is 15.3 Å². The molecule has 0 radical (unpaired) electrons. The van der Waals surface area contributed by atoms with Crippen molar-refractivity contribution in [1.29, 1.82) is 0 Å². The van der Waals surface area contributed by atoms with E-state index < -0.39 is 0 Å². The molecule has 3 heterocycles. The molecule has 0 aliphatic carbocycles. The second-order valence-corrected chi connectivity index (χ2v) is 8.91. The zero-order valence-corrected chi connectivity index (χ0v) is 19.9. The second kappa shape index (κ2) is 8.86. The number of anilines is 1. The maximum atomic E-state index is 12.8. The fraction of sp³-hybridized carbons (Fsp3) is 0.435. The summed E-state index contributed by atoms with van der Waals surface area (Å²) in [7, 11) is 1.64. The lowest BCUT2D eigenvalue weighted by atomic mass is 9.95. The van der Waals surface area contributed by atoms with Crippen molar-refractivity contribution in [3.05, 3.63) is 45.4 Å². The summed E-state index contributed by atoms with van der Waals surface area (Å²) in [5.74, 6) is 3.32. The van der Waals surface area contributed by atoms with E-state index in [1.807, 2.05) is 39.0 Å². The Morgan fingerprint density at radius 1 is 1.26 bits per heavy atom. The van der Waals surface area contributed by atoms with Crippen LogP contribution in [-0.4, -0.2) is 36.1 Å². The molecule has 2 aromatic heterocycles. The average molecular weight is 487 g/mol. The zero-order valence-electron chi connectivity index (χ0n) is 18.3. The van der Waals surface area contributed by atoms with Crippen molar-refractivity contribution >= 4 is 38.8 Å². The number of piperidine rings is 1. The number of carbonyl (C=O) groups excluding carboxylic acids is 1. The first-order chi connectivity index (χ1) is 14.9. The SMILES string of the molecule is COc1ccc(Br)cc1CNC(=O)C1CCN(c2nc(C)nc3oc(C)c(C)c23)CC1. The molecule has 8 heteroatoms. The van der Waals surface area contributed by atoms with Crippen molar-refractivity contribution in [2.45, 2.75) is 40.2 Å². The van der Waals surface area contributed by atoms with Crippen LogP contribution in [0, 0.1) is 26.7 Å². The number of amides is 1. The molecule has 1 aliphatic heterocycles. The number of fused-ring (bicyclic) bond motifs is 1. The van der Waals surface area contributed by atoms with Gasteiger partial charge in [-0.05, 0) is 51.8 Å². The van der Waals surface area contributed by atoms with Crippen LogP contribution in [0.1, 0.15) is 35.6 Å². The third kappa shape index (κ3) is 4.39. The third-order valence-electron chi connectivity index (χ3n) is 5.98. The van der Waals surface area contributed by atoms with E-state index >= 15 is 0 Å². The van der Waals surface area contributed by atoms with E-state index in [2.05, 4.69) is 31.1 Å². The molecule has 0 spiro atoms. The summed E-state index contributed by atoms with van der Waals surface area (Å²) < 4.78 is 12.2. The Hall–Kier alpha value is -2.61. The van der Waals surface area contributed by atoms with Crippen LogP contribution in [0.15, 0.2) is 27.1 Å². The Morgan fingerprint density at radius 2 is 2.00 bits per heavy atom. The summed E-state index contributed by atoms with van der Waals surface area (Å²) in [6.45, 7) is 7.86. The molecule has 0 unspecified atom stereocenters. The molecule has 31 heavy (non-hydrogen) atoms. The van der Waals surface area contributed by atoms with Gasteiger partial charge in [-0.2, -0.15) is 4.98 Å². The lowest BCUT2D eigenvalue weighted by Gasteiger charge is -2.32. The quantitative estimate of drug-likeness (QED) is 0.573. The average Bonchev–Trinajstić information content (AvgIpc) is 3.04. The molecule has 164 valence electrons. The van der Waals surface area contributed by atoms with E-state index in [0.29, 0.717) is 18.1 Å². The number of methoxy groups -OCH3 is 1. The summed E-state index contributed by atoms with van der Waals surface area (Å²) >= 11 is 3.48. The first kappa shape index (κ1) is 21.6. The van der Waals surface area contributed by atoms with Crippen LogP contribution >= 0.6 is 15.9 Å². The maximum Gasteiger partial charge on any atom is 0.231 e. The molecule has 1 amide bonds. The summed E-state index contributed by atoms with van der Waals surface area (Å²) in [4.78, 5) is 24.2. The number of benzene rings is 1. The van der Waals surface area contributed by atoms with Crippen LogP contribution in [-0.2, 0) is 11.3 Å². The Morgan fingerprint density at radius 3 is 2.71 bits per heavy atom. The maximum absolute atomic E-state index is 12.8. The largest absolute Gasteiger partial charge is 0.496 e. The first-order valence-electron chi connectivity index (χ1n) is 10.5. The molecule has 1 N–H and O–H groups in total. The van der Waals surface area contributed by atoms with Gasteiger partial charge in [-0.25, -0.2) is 4.98 Å². The molecular weight excluding hydrogens is 460 g/mol. The molecule has 0 bridgehead atoms. The summed E-state index contributed by atoms with van der Waals surface area (Å²) in [6.07, 6.45) is 1.56. The van der Waals surface area contributed by atoms with E-state index in [0.717, 1.165) is 64.2 Å². The number of nitrogens with zero attached hydrogens (tertiary/aromatic N) is 3. The van der Waals surface area contributed by atoms with Gasteiger partial charge >= 0.3 is 0 Å². The summed E-state index contributed by atoms with van der Waals surface area (Å²) in [6, 6.07) is 5.79. The molecule has 0 saturated carbocycles. The Kier molecular flexibility index (Phi) is 6.18. The van der Waals surface area contributed by atoms with Gasteiger partial charge in [-0.1, -0.05) is 15.9 Å². The number of aromatic nitrogens is 2. The number of hydrogen-bond acceptors (Lipinski definition) is 6. The molecule has 7 nitrogen and oxygen atoms in total. The number of aryl methyl sites for hydroxylation is 3. The van der Waals surface area contributed by atoms with E-state index in [1.54, 1.807) is 7.11 Å². The number of carbonyl (C=O) groups is 1. The number of rotatable bonds is 5. The predicted octanol–water partition coefficient (Wildman–Crippen LogP) is 4.45. The lowest BCUT2D eigenvalue weighted by molar-refractivity contribution is -0.125. The van der Waals surface area contributed by atoms with Crippen molar-refractivity contribution in [3.8, 4) is 5.75 Å². The van der Waals surface area contributed by atoms with Crippen LogP contribution in [0.2, 0.25) is 0 Å². The van der Waals surface area contributed by atoms with Crippen LogP contribution in [0.25, 0.3) is 11.1 Å². The Bertz CT molecular complexity index is 1120. The van der Waals surface area contributed by atoms with Crippen LogP contribution in [0.4, 0.5) is 5.82 Å². The zero-order chi connectivity index (χ0) is 22.1. The second-order valence-electron chi connectivity index (χ2n) is 7.99. The van der Waals surface area contributed by atoms with Crippen molar-refractivity contribution in [2.75, 3.05) is 25.1 Å². The fourth-order valence-electron chi connectivity index (χ4n) is 4.13. The third-order valence-corrected chi connectivity index (χ3v) is 6.48. The van der Waals surface area contributed by atoms with E-state index in [-0.39, 0.29) is 11.8 Å². The van der Waals surface area contributed by atoms with Gasteiger partial charge in [0.2, 0.25) is 11.6 Å². The first-order valence-corrected chi connectivity index (χ1v) is 11.3. The lowest BCUT2D eigenvalue weighted by Crippen LogP contribution is -2.40. The highest BCUT2D eigenvalue weighted by molar-refractivity contribution is 9.10. The van der Waals surface area contributed by atoms with Crippen LogP contribution in [0.3, 0.4) is 0 Å². The molecule has 1 aliphatic rings. The van der Waals surface area contributed by atoms with E-state index in [4.69, 9.17) is 14.1 Å². The highest BCUT2D eigenvalue weighted by atomic mass is 79.9. The minimum Gasteiger partial charge on any atom is -0.496 e. The minimum atomic E-state index is -0.0139. The summed E-state index contributed by atoms with van der Waals surface area (Å²) in [5, 5.41) is 4.06. The van der Waals surface area contributed by atoms with E-state index in [1.165, 1.54) is 0 Å².